The van der Waals surface area contributed by atoms with E-state index in [1.54, 1.807) is 0 Å². The second-order valence-electron chi connectivity index (χ2n) is 3.83. The van der Waals surface area contributed by atoms with Gasteiger partial charge in [0.15, 0.2) is 0 Å². The third kappa shape index (κ3) is 1.40. The van der Waals surface area contributed by atoms with Gasteiger partial charge in [-0.05, 0) is 18.2 Å². The molecule has 1 aromatic rings. The lowest BCUT2D eigenvalue weighted by Gasteiger charge is -2.16. The molecule has 0 aliphatic heterocycles. The van der Waals surface area contributed by atoms with Crippen LogP contribution >= 0.6 is 11.6 Å². The smallest absolute Gasteiger partial charge is 0.260 e. The van der Waals surface area contributed by atoms with Gasteiger partial charge in [0.1, 0.15) is 5.75 Å². The first kappa shape index (κ1) is 10.6. The Hall–Kier alpha value is -0.870. The molecular formula is C10H10ClF2NO. The van der Waals surface area contributed by atoms with Crippen molar-refractivity contribution >= 4 is 11.6 Å². The molecule has 5 heteroatoms. The third-order valence-electron chi connectivity index (χ3n) is 2.92. The number of halogens is 3. The molecule has 2 nitrogen and oxygen atoms in total. The van der Waals surface area contributed by atoms with E-state index in [1.807, 2.05) is 0 Å². The fraction of sp³-hybridized carbons (Fsp3) is 0.400. The van der Waals surface area contributed by atoms with Gasteiger partial charge in [-0.1, -0.05) is 11.6 Å². The van der Waals surface area contributed by atoms with E-state index in [9.17, 15) is 13.9 Å². The van der Waals surface area contributed by atoms with Crippen LogP contribution in [0.4, 0.5) is 8.78 Å². The summed E-state index contributed by atoms with van der Waals surface area (Å²) in [5, 5.41) is 9.84. The number of hydrogen-bond donors (Lipinski definition) is 2. The first-order valence-corrected chi connectivity index (χ1v) is 4.88. The molecule has 0 spiro atoms. The van der Waals surface area contributed by atoms with Crippen molar-refractivity contribution < 1.29 is 13.9 Å². The number of phenols is 1. The van der Waals surface area contributed by atoms with Gasteiger partial charge in [-0.15, -0.1) is 0 Å². The summed E-state index contributed by atoms with van der Waals surface area (Å²) in [6.45, 7) is -0.200. The predicted molar refractivity (Wildman–Crippen MR) is 53.4 cm³/mol. The van der Waals surface area contributed by atoms with Gasteiger partial charge in [0, 0.05) is 23.6 Å². The first-order valence-electron chi connectivity index (χ1n) is 4.50. The highest BCUT2D eigenvalue weighted by molar-refractivity contribution is 6.30. The van der Waals surface area contributed by atoms with E-state index in [1.165, 1.54) is 18.2 Å². The van der Waals surface area contributed by atoms with Gasteiger partial charge >= 0.3 is 0 Å². The lowest BCUT2D eigenvalue weighted by molar-refractivity contribution is 0.0889. The molecule has 3 N–H and O–H groups in total. The molecule has 1 aliphatic rings. The van der Waals surface area contributed by atoms with Crippen LogP contribution in [-0.4, -0.2) is 17.6 Å². The van der Waals surface area contributed by atoms with Crippen molar-refractivity contribution in [2.75, 3.05) is 6.54 Å². The van der Waals surface area contributed by atoms with Crippen LogP contribution in [0.15, 0.2) is 18.2 Å². The predicted octanol–water partition coefficient (Wildman–Crippen LogP) is 2.28. The summed E-state index contributed by atoms with van der Waals surface area (Å²) in [5.41, 5.74) is 4.07. The van der Waals surface area contributed by atoms with Crippen LogP contribution in [0.5, 0.6) is 5.75 Å². The molecule has 2 rings (SSSR count). The van der Waals surface area contributed by atoms with E-state index in [2.05, 4.69) is 0 Å². The number of phenolic OH excluding ortho intramolecular Hbond substituents is 1. The first-order chi connectivity index (χ1) is 6.93. The molecule has 0 saturated heterocycles. The number of hydrogen-bond acceptors (Lipinski definition) is 2. The van der Waals surface area contributed by atoms with Crippen molar-refractivity contribution in [2.45, 2.75) is 17.8 Å². The highest BCUT2D eigenvalue weighted by atomic mass is 35.5. The molecule has 15 heavy (non-hydrogen) atoms. The summed E-state index contributed by atoms with van der Waals surface area (Å²) < 4.78 is 26.4. The van der Waals surface area contributed by atoms with Crippen LogP contribution in [0.1, 0.15) is 12.0 Å². The van der Waals surface area contributed by atoms with Gasteiger partial charge in [-0.3, -0.25) is 0 Å². The molecule has 1 unspecified atom stereocenters. The van der Waals surface area contributed by atoms with E-state index in [-0.39, 0.29) is 24.3 Å². The summed E-state index contributed by atoms with van der Waals surface area (Å²) in [7, 11) is 0. The fourth-order valence-corrected chi connectivity index (χ4v) is 2.02. The lowest BCUT2D eigenvalue weighted by Crippen LogP contribution is -2.26. The maximum absolute atomic E-state index is 13.2. The van der Waals surface area contributed by atoms with E-state index >= 15 is 0 Å². The summed E-state index contributed by atoms with van der Waals surface area (Å²) in [6, 6.07) is 4.11. The van der Waals surface area contributed by atoms with Crippen molar-refractivity contribution in [3.05, 3.63) is 28.8 Å². The molecule has 0 heterocycles. The minimum Gasteiger partial charge on any atom is -0.508 e. The van der Waals surface area contributed by atoms with Gasteiger partial charge in [0.25, 0.3) is 5.92 Å². The molecule has 1 atom stereocenters. The zero-order valence-electron chi connectivity index (χ0n) is 7.80. The van der Waals surface area contributed by atoms with Crippen LogP contribution in [0.2, 0.25) is 5.02 Å². The number of nitrogens with two attached hydrogens (primary N) is 1. The summed E-state index contributed by atoms with van der Waals surface area (Å²) in [5.74, 6) is -3.02. The van der Waals surface area contributed by atoms with Crippen molar-refractivity contribution in [3.63, 3.8) is 0 Å². The minimum absolute atomic E-state index is 0.141. The molecule has 82 valence electrons. The molecular weight excluding hydrogens is 224 g/mol. The van der Waals surface area contributed by atoms with Crippen molar-refractivity contribution in [3.8, 4) is 5.75 Å². The highest BCUT2D eigenvalue weighted by Gasteiger charge is 2.71. The Labute approximate surface area is 90.7 Å². The molecule has 1 aliphatic carbocycles. The van der Waals surface area contributed by atoms with Crippen molar-refractivity contribution in [1.82, 2.24) is 0 Å². The standard InChI is InChI=1S/C10H10ClF2NO/c11-6-1-2-8(15)7(3-6)9(5-14)4-10(9,12)13/h1-3,15H,4-5,14H2. The fourth-order valence-electron chi connectivity index (χ4n) is 1.85. The number of alkyl halides is 2. The Bertz CT molecular complexity index is 410. The normalized spacial score (nSPS) is 27.7. The van der Waals surface area contributed by atoms with Crippen molar-refractivity contribution in [1.29, 1.82) is 0 Å². The molecule has 0 aromatic heterocycles. The molecule has 1 fully saturated rings. The van der Waals surface area contributed by atoms with E-state index in [0.29, 0.717) is 5.02 Å². The van der Waals surface area contributed by atoms with Crippen molar-refractivity contribution in [2.24, 2.45) is 5.73 Å². The SMILES string of the molecule is NCC1(c2cc(Cl)ccc2O)CC1(F)F. The summed E-state index contributed by atoms with van der Waals surface area (Å²) >= 11 is 5.70. The lowest BCUT2D eigenvalue weighted by atomic mass is 9.94. The third-order valence-corrected chi connectivity index (χ3v) is 3.16. The molecule has 1 aromatic carbocycles. The van der Waals surface area contributed by atoms with Gasteiger partial charge in [-0.25, -0.2) is 8.78 Å². The second kappa shape index (κ2) is 3.06. The monoisotopic (exact) mass is 233 g/mol. The van der Waals surface area contributed by atoms with Gasteiger partial charge in [-0.2, -0.15) is 0 Å². The zero-order chi connectivity index (χ0) is 11.3. The van der Waals surface area contributed by atoms with E-state index < -0.39 is 11.3 Å². The van der Waals surface area contributed by atoms with E-state index in [0.717, 1.165) is 0 Å². The second-order valence-corrected chi connectivity index (χ2v) is 4.27. The molecule has 0 amide bonds. The highest BCUT2D eigenvalue weighted by Crippen LogP contribution is 2.62. The van der Waals surface area contributed by atoms with Crippen LogP contribution in [0.3, 0.4) is 0 Å². The van der Waals surface area contributed by atoms with Crippen LogP contribution in [0, 0.1) is 0 Å². The maximum Gasteiger partial charge on any atom is 0.260 e. The summed E-state index contributed by atoms with van der Waals surface area (Å²) in [4.78, 5) is 0. The zero-order valence-corrected chi connectivity index (χ0v) is 8.56. The van der Waals surface area contributed by atoms with E-state index in [4.69, 9.17) is 17.3 Å². The molecule has 0 radical (unpaired) electrons. The Morgan fingerprint density at radius 2 is 2.07 bits per heavy atom. The molecule has 1 saturated carbocycles. The Balaban J connectivity index is 2.50. The van der Waals surface area contributed by atoms with Gasteiger partial charge < -0.3 is 10.8 Å². The Morgan fingerprint density at radius 1 is 1.47 bits per heavy atom. The summed E-state index contributed by atoms with van der Waals surface area (Å²) in [6.07, 6.45) is -0.329. The quantitative estimate of drug-likeness (QED) is 0.823. The number of aromatic hydroxyl groups is 1. The van der Waals surface area contributed by atoms with Crippen LogP contribution < -0.4 is 5.73 Å². The number of rotatable bonds is 2. The molecule has 0 bridgehead atoms. The Kier molecular flexibility index (Phi) is 2.17. The maximum atomic E-state index is 13.2. The largest absolute Gasteiger partial charge is 0.508 e. The number of benzene rings is 1. The Morgan fingerprint density at radius 3 is 2.53 bits per heavy atom. The van der Waals surface area contributed by atoms with Gasteiger partial charge in [0.2, 0.25) is 0 Å². The minimum atomic E-state index is -2.84. The van der Waals surface area contributed by atoms with Crippen LogP contribution in [0.25, 0.3) is 0 Å². The average Bonchev–Trinajstić information content (AvgIpc) is 2.74. The van der Waals surface area contributed by atoms with Crippen LogP contribution in [-0.2, 0) is 5.41 Å². The topological polar surface area (TPSA) is 46.2 Å². The van der Waals surface area contributed by atoms with Gasteiger partial charge in [0.05, 0.1) is 5.41 Å². The average molecular weight is 234 g/mol.